The normalized spacial score (nSPS) is 11.1. The molecule has 0 radical (unpaired) electrons. The highest BCUT2D eigenvalue weighted by molar-refractivity contribution is 7.80. The average molecular weight is 320 g/mol. The maximum Gasteiger partial charge on any atom is 0.433 e. The van der Waals surface area contributed by atoms with Crippen LogP contribution in [-0.4, -0.2) is 36.0 Å². The average Bonchev–Trinajstić information content (AvgIpc) is 2.42. The summed E-state index contributed by atoms with van der Waals surface area (Å²) < 4.78 is 38.3. The van der Waals surface area contributed by atoms with E-state index in [1.54, 1.807) is 6.92 Å². The number of hydrogen-bond acceptors (Lipinski definition) is 4. The van der Waals surface area contributed by atoms with Gasteiger partial charge < -0.3 is 16.0 Å². The zero-order chi connectivity index (χ0) is 16.2. The van der Waals surface area contributed by atoms with Crippen molar-refractivity contribution in [1.82, 2.24) is 10.3 Å². The molecule has 0 fully saturated rings. The molecule has 0 bridgehead atoms. The standard InChI is InChI=1S/C12H15F3N4OS/c1-3-19(6-9(20)17-2)11-7(10(16)21)4-5-8(18-11)12(13,14)15/h4-5H,3,6H2,1-2H3,(H2,16,21)(H,17,20). The van der Waals surface area contributed by atoms with Crippen LogP contribution < -0.4 is 16.0 Å². The number of nitrogens with two attached hydrogens (primary N) is 1. The number of likely N-dealkylation sites (N-methyl/N-ethyl adjacent to an activating group) is 2. The van der Waals surface area contributed by atoms with Crippen LogP contribution >= 0.6 is 12.2 Å². The first-order valence-electron chi connectivity index (χ1n) is 6.04. The predicted molar refractivity (Wildman–Crippen MR) is 77.1 cm³/mol. The number of alkyl halides is 3. The molecule has 0 aromatic carbocycles. The molecule has 1 heterocycles. The number of amides is 1. The van der Waals surface area contributed by atoms with Crippen LogP contribution in [0.2, 0.25) is 0 Å². The van der Waals surface area contributed by atoms with Crippen LogP contribution in [-0.2, 0) is 11.0 Å². The molecule has 1 aromatic heterocycles. The van der Waals surface area contributed by atoms with E-state index in [1.807, 2.05) is 0 Å². The minimum atomic E-state index is -4.59. The second-order valence-corrected chi connectivity index (χ2v) is 4.56. The van der Waals surface area contributed by atoms with Crippen LogP contribution in [0.15, 0.2) is 12.1 Å². The Morgan fingerprint density at radius 2 is 2.10 bits per heavy atom. The van der Waals surface area contributed by atoms with Crippen molar-refractivity contribution in [3.05, 3.63) is 23.4 Å². The van der Waals surface area contributed by atoms with Crippen molar-refractivity contribution in [2.45, 2.75) is 13.1 Å². The van der Waals surface area contributed by atoms with Gasteiger partial charge in [0, 0.05) is 13.6 Å². The molecule has 0 spiro atoms. The number of nitrogens with one attached hydrogen (secondary N) is 1. The zero-order valence-electron chi connectivity index (χ0n) is 11.5. The van der Waals surface area contributed by atoms with Gasteiger partial charge >= 0.3 is 6.18 Å². The van der Waals surface area contributed by atoms with E-state index in [0.717, 1.165) is 6.07 Å². The Labute approximate surface area is 125 Å². The van der Waals surface area contributed by atoms with Gasteiger partial charge in [-0.1, -0.05) is 12.2 Å². The minimum absolute atomic E-state index is 0.0524. The maximum atomic E-state index is 12.8. The van der Waals surface area contributed by atoms with Gasteiger partial charge in [-0.2, -0.15) is 13.2 Å². The van der Waals surface area contributed by atoms with Crippen LogP contribution in [0.5, 0.6) is 0 Å². The Hall–Kier alpha value is -1.90. The topological polar surface area (TPSA) is 71.2 Å². The van der Waals surface area contributed by atoms with Gasteiger partial charge in [0.25, 0.3) is 0 Å². The van der Waals surface area contributed by atoms with Crippen molar-refractivity contribution in [3.63, 3.8) is 0 Å². The van der Waals surface area contributed by atoms with Crippen molar-refractivity contribution >= 4 is 28.9 Å². The summed E-state index contributed by atoms with van der Waals surface area (Å²) in [5.74, 6) is -0.409. The van der Waals surface area contributed by atoms with Crippen LogP contribution in [0.4, 0.5) is 19.0 Å². The highest BCUT2D eigenvalue weighted by Crippen LogP contribution is 2.30. The first-order chi connectivity index (χ1) is 9.70. The number of rotatable bonds is 5. The number of aromatic nitrogens is 1. The number of halogens is 3. The fourth-order valence-corrected chi connectivity index (χ4v) is 1.79. The molecule has 0 saturated heterocycles. The number of anilines is 1. The van der Waals surface area contributed by atoms with Crippen LogP contribution in [0.25, 0.3) is 0 Å². The van der Waals surface area contributed by atoms with Crippen molar-refractivity contribution in [2.24, 2.45) is 5.73 Å². The van der Waals surface area contributed by atoms with Gasteiger partial charge in [-0.05, 0) is 19.1 Å². The summed E-state index contributed by atoms with van der Waals surface area (Å²) in [6.07, 6.45) is -4.59. The monoisotopic (exact) mass is 320 g/mol. The molecule has 1 rings (SSSR count). The van der Waals surface area contributed by atoms with Gasteiger partial charge in [0.05, 0.1) is 12.1 Å². The SMILES string of the molecule is CCN(CC(=O)NC)c1nc(C(F)(F)F)ccc1C(N)=S. The highest BCUT2D eigenvalue weighted by atomic mass is 32.1. The van der Waals surface area contributed by atoms with Crippen LogP contribution in [0, 0.1) is 0 Å². The Bertz CT molecular complexity index is 548. The molecule has 5 nitrogen and oxygen atoms in total. The highest BCUT2D eigenvalue weighted by Gasteiger charge is 2.33. The first kappa shape index (κ1) is 17.2. The molecule has 21 heavy (non-hydrogen) atoms. The molecule has 1 aromatic rings. The Morgan fingerprint density at radius 3 is 2.52 bits per heavy atom. The Balaban J connectivity index is 3.33. The van der Waals surface area contributed by atoms with E-state index in [1.165, 1.54) is 18.0 Å². The molecule has 116 valence electrons. The molecule has 0 atom stereocenters. The van der Waals surface area contributed by atoms with E-state index in [0.29, 0.717) is 0 Å². The minimum Gasteiger partial charge on any atom is -0.389 e. The lowest BCUT2D eigenvalue weighted by atomic mass is 10.2. The summed E-state index contributed by atoms with van der Waals surface area (Å²) in [7, 11) is 1.43. The molecule has 1 amide bonds. The number of pyridine rings is 1. The summed E-state index contributed by atoms with van der Waals surface area (Å²) in [5.41, 5.74) is 4.65. The fourth-order valence-electron chi connectivity index (χ4n) is 1.63. The predicted octanol–water partition coefficient (Wildman–Crippen LogP) is 1.31. The third-order valence-corrected chi connectivity index (χ3v) is 2.95. The maximum absolute atomic E-state index is 12.8. The van der Waals surface area contributed by atoms with Crippen LogP contribution in [0.3, 0.4) is 0 Å². The quantitative estimate of drug-likeness (QED) is 0.801. The van der Waals surface area contributed by atoms with E-state index < -0.39 is 11.9 Å². The second-order valence-electron chi connectivity index (χ2n) is 4.12. The summed E-state index contributed by atoms with van der Waals surface area (Å²) in [6, 6.07) is 1.98. The molecule has 0 saturated carbocycles. The van der Waals surface area contributed by atoms with Crippen molar-refractivity contribution < 1.29 is 18.0 Å². The van der Waals surface area contributed by atoms with Crippen molar-refractivity contribution in [1.29, 1.82) is 0 Å². The lowest BCUT2D eigenvalue weighted by Crippen LogP contribution is -2.37. The first-order valence-corrected chi connectivity index (χ1v) is 6.45. The number of carbonyl (C=O) groups excluding carboxylic acids is 1. The molecule has 0 aliphatic heterocycles. The summed E-state index contributed by atoms with van der Waals surface area (Å²) in [5, 5.41) is 2.40. The number of carbonyl (C=O) groups is 1. The summed E-state index contributed by atoms with van der Waals surface area (Å²) in [4.78, 5) is 16.3. The smallest absolute Gasteiger partial charge is 0.389 e. The third-order valence-electron chi connectivity index (χ3n) is 2.73. The van der Waals surface area contributed by atoms with Crippen LogP contribution in [0.1, 0.15) is 18.2 Å². The van der Waals surface area contributed by atoms with Gasteiger partial charge in [0.1, 0.15) is 16.5 Å². The third kappa shape index (κ3) is 4.28. The number of nitrogens with zero attached hydrogens (tertiary/aromatic N) is 2. The largest absolute Gasteiger partial charge is 0.433 e. The van der Waals surface area contributed by atoms with E-state index in [-0.39, 0.29) is 35.4 Å². The van der Waals surface area contributed by atoms with Crippen molar-refractivity contribution in [2.75, 3.05) is 25.0 Å². The van der Waals surface area contributed by atoms with Gasteiger partial charge in [-0.15, -0.1) is 0 Å². The Kier molecular flexibility index (Phi) is 5.47. The molecular weight excluding hydrogens is 305 g/mol. The summed E-state index contributed by atoms with van der Waals surface area (Å²) in [6.45, 7) is 1.82. The lowest BCUT2D eigenvalue weighted by molar-refractivity contribution is -0.141. The Morgan fingerprint density at radius 1 is 1.48 bits per heavy atom. The lowest BCUT2D eigenvalue weighted by Gasteiger charge is -2.24. The number of hydrogen-bond donors (Lipinski definition) is 2. The van der Waals surface area contributed by atoms with Crippen molar-refractivity contribution in [3.8, 4) is 0 Å². The molecule has 9 heteroatoms. The molecule has 0 aliphatic rings. The van der Waals surface area contributed by atoms with E-state index in [4.69, 9.17) is 18.0 Å². The van der Waals surface area contributed by atoms with Gasteiger partial charge in [-0.25, -0.2) is 4.98 Å². The van der Waals surface area contributed by atoms with Gasteiger partial charge in [-0.3, -0.25) is 4.79 Å². The molecule has 3 N–H and O–H groups in total. The van der Waals surface area contributed by atoms with E-state index in [2.05, 4.69) is 10.3 Å². The van der Waals surface area contributed by atoms with Gasteiger partial charge in [0.15, 0.2) is 0 Å². The second kappa shape index (κ2) is 6.70. The zero-order valence-corrected chi connectivity index (χ0v) is 12.3. The number of thiocarbonyl (C=S) groups is 1. The molecular formula is C12H15F3N4OS. The molecule has 0 aliphatic carbocycles. The van der Waals surface area contributed by atoms with E-state index >= 15 is 0 Å². The fraction of sp³-hybridized carbons (Fsp3) is 0.417. The molecule has 0 unspecified atom stereocenters. The van der Waals surface area contributed by atoms with E-state index in [9.17, 15) is 18.0 Å². The van der Waals surface area contributed by atoms with Gasteiger partial charge in [0.2, 0.25) is 5.91 Å². The summed E-state index contributed by atoms with van der Waals surface area (Å²) >= 11 is 4.82.